The molecular weight excluding hydrogens is 316 g/mol. The van der Waals surface area contributed by atoms with E-state index in [0.29, 0.717) is 23.2 Å². The average molecular weight is 331 g/mol. The molecule has 5 nitrogen and oxygen atoms in total. The van der Waals surface area contributed by atoms with Crippen LogP contribution in [0.4, 0.5) is 0 Å². The lowest BCUT2D eigenvalue weighted by molar-refractivity contribution is -0.254. The molecule has 5 heteroatoms. The number of amides is 1. The van der Waals surface area contributed by atoms with Crippen LogP contribution >= 0.6 is 0 Å². The molecule has 124 valence electrons. The van der Waals surface area contributed by atoms with Crippen molar-refractivity contribution in [3.05, 3.63) is 89.7 Å². The van der Waals surface area contributed by atoms with E-state index in [9.17, 15) is 14.7 Å². The molecule has 0 unspecified atom stereocenters. The monoisotopic (exact) mass is 331 g/mol. The lowest BCUT2D eigenvalue weighted by atomic mass is 9.95. The van der Waals surface area contributed by atoms with Gasteiger partial charge in [-0.2, -0.15) is 0 Å². The van der Waals surface area contributed by atoms with Crippen LogP contribution < -0.4 is 10.4 Å². The summed E-state index contributed by atoms with van der Waals surface area (Å²) in [6, 6.07) is 17.0. The van der Waals surface area contributed by atoms with Crippen LogP contribution in [0.3, 0.4) is 0 Å². The highest BCUT2D eigenvalue weighted by Crippen LogP contribution is 2.27. The Morgan fingerprint density at radius 2 is 1.52 bits per heavy atom. The van der Waals surface area contributed by atoms with Crippen molar-refractivity contribution in [1.82, 2.24) is 10.3 Å². The summed E-state index contributed by atoms with van der Waals surface area (Å²) in [4.78, 5) is 28.0. The zero-order chi connectivity index (χ0) is 17.6. The number of hydrogen-bond donors (Lipinski definition) is 1. The summed E-state index contributed by atoms with van der Waals surface area (Å²) in [5.74, 6) is -1.56. The number of carbonyl (C=O) groups is 2. The minimum Gasteiger partial charge on any atom is -0.545 e. The zero-order valence-corrected chi connectivity index (χ0v) is 13.3. The number of pyridine rings is 1. The third-order valence-corrected chi connectivity index (χ3v) is 3.78. The molecule has 3 aromatic rings. The van der Waals surface area contributed by atoms with Crippen LogP contribution in [0.15, 0.2) is 73.1 Å². The van der Waals surface area contributed by atoms with E-state index in [4.69, 9.17) is 0 Å². The van der Waals surface area contributed by atoms with E-state index in [0.717, 1.165) is 5.56 Å². The van der Waals surface area contributed by atoms with Gasteiger partial charge in [0.05, 0.1) is 5.97 Å². The summed E-state index contributed by atoms with van der Waals surface area (Å²) in [6.07, 6.45) is 3.34. The second-order valence-electron chi connectivity index (χ2n) is 5.42. The van der Waals surface area contributed by atoms with Gasteiger partial charge in [-0.05, 0) is 28.8 Å². The molecule has 3 rings (SSSR count). The largest absolute Gasteiger partial charge is 0.545 e. The molecule has 0 atom stereocenters. The van der Waals surface area contributed by atoms with Crippen LogP contribution in [0.1, 0.15) is 26.3 Å². The molecular formula is C20H15N2O3-. The van der Waals surface area contributed by atoms with Crippen LogP contribution in [0.25, 0.3) is 11.1 Å². The Hall–Kier alpha value is -3.47. The van der Waals surface area contributed by atoms with Crippen molar-refractivity contribution in [2.75, 3.05) is 0 Å². The van der Waals surface area contributed by atoms with Gasteiger partial charge in [0.2, 0.25) is 0 Å². The predicted molar refractivity (Wildman–Crippen MR) is 91.6 cm³/mol. The molecule has 0 aliphatic rings. The van der Waals surface area contributed by atoms with Gasteiger partial charge in [0.15, 0.2) is 0 Å². The molecule has 0 radical (unpaired) electrons. The van der Waals surface area contributed by atoms with E-state index in [-0.39, 0.29) is 11.5 Å². The van der Waals surface area contributed by atoms with Crippen LogP contribution in [0, 0.1) is 0 Å². The molecule has 0 fully saturated rings. The number of nitrogens with one attached hydrogen (secondary N) is 1. The number of aromatic carboxylic acids is 1. The molecule has 1 amide bonds. The second-order valence-corrected chi connectivity index (χ2v) is 5.42. The van der Waals surface area contributed by atoms with Gasteiger partial charge < -0.3 is 15.2 Å². The Morgan fingerprint density at radius 3 is 2.16 bits per heavy atom. The Morgan fingerprint density at radius 1 is 0.880 bits per heavy atom. The van der Waals surface area contributed by atoms with E-state index in [1.165, 1.54) is 6.07 Å². The Kier molecular flexibility index (Phi) is 4.85. The number of hydrogen-bond acceptors (Lipinski definition) is 4. The molecule has 0 saturated carbocycles. The first kappa shape index (κ1) is 16.4. The minimum absolute atomic E-state index is 0.0509. The maximum atomic E-state index is 12.6. The molecule has 0 aliphatic carbocycles. The van der Waals surface area contributed by atoms with Crippen molar-refractivity contribution < 1.29 is 14.7 Å². The molecule has 1 N–H and O–H groups in total. The molecule has 1 heterocycles. The summed E-state index contributed by atoms with van der Waals surface area (Å²) in [5, 5.41) is 14.2. The SMILES string of the molecule is O=C([O-])c1ccccc1-c1ccccc1C(=O)NCc1cccnc1. The van der Waals surface area contributed by atoms with Gasteiger partial charge in [-0.25, -0.2) is 0 Å². The molecule has 0 spiro atoms. The number of carbonyl (C=O) groups excluding carboxylic acids is 2. The zero-order valence-electron chi connectivity index (χ0n) is 13.3. The third kappa shape index (κ3) is 3.72. The number of rotatable bonds is 5. The van der Waals surface area contributed by atoms with Crippen LogP contribution in [-0.2, 0) is 6.54 Å². The number of nitrogens with zero attached hydrogens (tertiary/aromatic N) is 1. The molecule has 1 aromatic heterocycles. The first-order valence-corrected chi connectivity index (χ1v) is 7.73. The molecule has 0 aliphatic heterocycles. The maximum absolute atomic E-state index is 12.6. The molecule has 2 aromatic carbocycles. The molecule has 25 heavy (non-hydrogen) atoms. The standard InChI is InChI=1S/C20H16N2O3/c23-19(22-13-14-6-5-11-21-12-14)17-9-3-1-7-15(17)16-8-2-4-10-18(16)20(24)25/h1-12H,13H2,(H,22,23)(H,24,25)/p-1. The number of carboxylic acid groups (broad SMARTS) is 1. The fourth-order valence-electron chi connectivity index (χ4n) is 2.59. The van der Waals surface area contributed by atoms with Crippen LogP contribution in [0.5, 0.6) is 0 Å². The number of carboxylic acids is 1. The smallest absolute Gasteiger partial charge is 0.252 e. The normalized spacial score (nSPS) is 10.2. The predicted octanol–water partition coefficient (Wildman–Crippen LogP) is 2.04. The Balaban J connectivity index is 1.91. The first-order valence-electron chi connectivity index (χ1n) is 7.73. The summed E-state index contributed by atoms with van der Waals surface area (Å²) >= 11 is 0. The fourth-order valence-corrected chi connectivity index (χ4v) is 2.59. The van der Waals surface area contributed by atoms with Gasteiger partial charge >= 0.3 is 0 Å². The fraction of sp³-hybridized carbons (Fsp3) is 0.0500. The van der Waals surface area contributed by atoms with Crippen molar-refractivity contribution in [3.8, 4) is 11.1 Å². The maximum Gasteiger partial charge on any atom is 0.252 e. The van der Waals surface area contributed by atoms with Gasteiger partial charge in [0.25, 0.3) is 5.91 Å². The summed E-state index contributed by atoms with van der Waals surface area (Å²) in [7, 11) is 0. The van der Waals surface area contributed by atoms with E-state index >= 15 is 0 Å². The van der Waals surface area contributed by atoms with Crippen LogP contribution in [0.2, 0.25) is 0 Å². The van der Waals surface area contributed by atoms with Crippen molar-refractivity contribution in [2.24, 2.45) is 0 Å². The second kappa shape index (κ2) is 7.40. The summed E-state index contributed by atoms with van der Waals surface area (Å²) < 4.78 is 0. The van der Waals surface area contributed by atoms with Gasteiger partial charge in [-0.1, -0.05) is 48.5 Å². The van der Waals surface area contributed by atoms with Crippen molar-refractivity contribution >= 4 is 11.9 Å². The van der Waals surface area contributed by atoms with Gasteiger partial charge in [-0.3, -0.25) is 9.78 Å². The van der Waals surface area contributed by atoms with E-state index in [2.05, 4.69) is 10.3 Å². The topological polar surface area (TPSA) is 82.1 Å². The number of aromatic nitrogens is 1. The highest BCUT2D eigenvalue weighted by Gasteiger charge is 2.14. The third-order valence-electron chi connectivity index (χ3n) is 3.78. The Bertz CT molecular complexity index is 908. The average Bonchev–Trinajstić information content (AvgIpc) is 2.67. The lowest BCUT2D eigenvalue weighted by Gasteiger charge is -2.14. The molecule has 0 saturated heterocycles. The van der Waals surface area contributed by atoms with Gasteiger partial charge in [0, 0.05) is 30.1 Å². The van der Waals surface area contributed by atoms with E-state index in [1.54, 1.807) is 60.9 Å². The van der Waals surface area contributed by atoms with Crippen LogP contribution in [-0.4, -0.2) is 16.9 Å². The quantitative estimate of drug-likeness (QED) is 0.776. The molecule has 0 bridgehead atoms. The number of benzene rings is 2. The highest BCUT2D eigenvalue weighted by atomic mass is 16.4. The van der Waals surface area contributed by atoms with Crippen molar-refractivity contribution in [2.45, 2.75) is 6.54 Å². The van der Waals surface area contributed by atoms with Gasteiger partial charge in [-0.15, -0.1) is 0 Å². The first-order chi connectivity index (χ1) is 12.2. The minimum atomic E-state index is -1.28. The van der Waals surface area contributed by atoms with E-state index in [1.807, 2.05) is 6.07 Å². The van der Waals surface area contributed by atoms with E-state index < -0.39 is 5.97 Å². The lowest BCUT2D eigenvalue weighted by Crippen LogP contribution is -2.25. The summed E-state index contributed by atoms with van der Waals surface area (Å²) in [5.41, 5.74) is 2.33. The Labute approximate surface area is 145 Å². The summed E-state index contributed by atoms with van der Waals surface area (Å²) in [6.45, 7) is 0.336. The van der Waals surface area contributed by atoms with Crippen molar-refractivity contribution in [1.29, 1.82) is 0 Å². The highest BCUT2D eigenvalue weighted by molar-refractivity contribution is 6.04. The van der Waals surface area contributed by atoms with Gasteiger partial charge in [0.1, 0.15) is 0 Å². The van der Waals surface area contributed by atoms with Crippen molar-refractivity contribution in [3.63, 3.8) is 0 Å².